The van der Waals surface area contributed by atoms with Crippen LogP contribution in [0, 0.1) is 17.3 Å². The number of hydrogen-bond donors (Lipinski definition) is 1. The molecule has 0 heterocycles. The first-order chi connectivity index (χ1) is 12.8. The van der Waals surface area contributed by atoms with Crippen LogP contribution in [0.4, 0.5) is 0 Å². The number of ether oxygens (including phenoxy) is 2. The Kier molecular flexibility index (Phi) is 4.53. The Bertz CT molecular complexity index is 744. The van der Waals surface area contributed by atoms with E-state index in [0.29, 0.717) is 24.2 Å². The number of aryl methyl sites for hydroxylation is 1. The lowest BCUT2D eigenvalue weighted by atomic mass is 9.55. The van der Waals surface area contributed by atoms with E-state index in [1.54, 1.807) is 7.11 Å². The van der Waals surface area contributed by atoms with E-state index < -0.39 is 11.7 Å². The number of aliphatic hydroxyl groups is 1. The molecule has 3 aliphatic carbocycles. The molecule has 6 atom stereocenters. The summed E-state index contributed by atoms with van der Waals surface area (Å²) >= 11 is 0. The predicted octanol–water partition coefficient (Wildman–Crippen LogP) is 4.23. The number of rotatable bonds is 3. The Morgan fingerprint density at radius 1 is 1.33 bits per heavy atom. The van der Waals surface area contributed by atoms with Crippen molar-refractivity contribution >= 4 is 5.97 Å². The molecule has 1 aromatic rings. The Balaban J connectivity index is 1.69. The van der Waals surface area contributed by atoms with E-state index in [0.717, 1.165) is 37.9 Å². The van der Waals surface area contributed by atoms with Crippen LogP contribution in [0.15, 0.2) is 18.2 Å². The van der Waals surface area contributed by atoms with Crippen molar-refractivity contribution in [2.24, 2.45) is 17.3 Å². The third-order valence-electron chi connectivity index (χ3n) is 7.93. The molecule has 2 saturated carbocycles. The second kappa shape index (κ2) is 6.51. The highest BCUT2D eigenvalue weighted by Crippen LogP contribution is 2.64. The first kappa shape index (κ1) is 18.8. The zero-order valence-corrected chi connectivity index (χ0v) is 17.0. The monoisotopic (exact) mass is 372 g/mol. The second-order valence-electron chi connectivity index (χ2n) is 9.18. The molecule has 0 spiro atoms. The first-order valence-corrected chi connectivity index (χ1v) is 10.4. The normalized spacial score (nSPS) is 39.9. The maximum atomic E-state index is 11.8. The molecule has 1 aromatic carbocycles. The topological polar surface area (TPSA) is 55.8 Å². The highest BCUT2D eigenvalue weighted by Gasteiger charge is 2.64. The fourth-order valence-corrected chi connectivity index (χ4v) is 6.59. The quantitative estimate of drug-likeness (QED) is 0.807. The highest BCUT2D eigenvalue weighted by atomic mass is 16.6. The van der Waals surface area contributed by atoms with Crippen molar-refractivity contribution in [2.45, 2.75) is 76.9 Å². The number of methoxy groups -OCH3 is 1. The maximum Gasteiger partial charge on any atom is 0.303 e. The lowest BCUT2D eigenvalue weighted by Gasteiger charge is -2.50. The number of benzene rings is 1. The van der Waals surface area contributed by atoms with Crippen LogP contribution >= 0.6 is 0 Å². The average Bonchev–Trinajstić information content (AvgIpc) is 2.89. The highest BCUT2D eigenvalue weighted by molar-refractivity contribution is 5.66. The summed E-state index contributed by atoms with van der Waals surface area (Å²) in [6, 6.07) is 6.52. The molecule has 4 nitrogen and oxygen atoms in total. The molecular formula is C23H32O4. The van der Waals surface area contributed by atoms with Crippen LogP contribution in [0.2, 0.25) is 0 Å². The van der Waals surface area contributed by atoms with Crippen molar-refractivity contribution in [1.29, 1.82) is 0 Å². The van der Waals surface area contributed by atoms with Gasteiger partial charge in [-0.2, -0.15) is 0 Å². The zero-order chi connectivity index (χ0) is 19.4. The van der Waals surface area contributed by atoms with E-state index >= 15 is 0 Å². The molecule has 27 heavy (non-hydrogen) atoms. The van der Waals surface area contributed by atoms with Gasteiger partial charge in [0.25, 0.3) is 0 Å². The van der Waals surface area contributed by atoms with E-state index in [9.17, 15) is 9.90 Å². The minimum atomic E-state index is -0.903. The van der Waals surface area contributed by atoms with Gasteiger partial charge in [0.05, 0.1) is 7.11 Å². The molecule has 1 N–H and O–H groups in total. The molecule has 3 aliphatic rings. The largest absolute Gasteiger partial charge is 0.497 e. The molecule has 148 valence electrons. The van der Waals surface area contributed by atoms with Gasteiger partial charge in [-0.15, -0.1) is 0 Å². The lowest BCUT2D eigenvalue weighted by molar-refractivity contribution is -0.172. The molecule has 2 fully saturated rings. The van der Waals surface area contributed by atoms with Gasteiger partial charge in [0.1, 0.15) is 17.5 Å². The summed E-state index contributed by atoms with van der Waals surface area (Å²) in [5, 5.41) is 11.4. The van der Waals surface area contributed by atoms with Crippen molar-refractivity contribution in [3.63, 3.8) is 0 Å². The van der Waals surface area contributed by atoms with E-state index in [2.05, 4.69) is 25.1 Å². The summed E-state index contributed by atoms with van der Waals surface area (Å²) in [5.41, 5.74) is 1.84. The van der Waals surface area contributed by atoms with Crippen LogP contribution in [0.1, 0.15) is 69.9 Å². The minimum Gasteiger partial charge on any atom is -0.497 e. The van der Waals surface area contributed by atoms with E-state index in [4.69, 9.17) is 9.47 Å². The first-order valence-electron chi connectivity index (χ1n) is 10.4. The summed E-state index contributed by atoms with van der Waals surface area (Å²) in [5.74, 6) is 2.12. The molecular weight excluding hydrogens is 340 g/mol. The van der Waals surface area contributed by atoms with Crippen LogP contribution in [-0.2, 0) is 16.0 Å². The van der Waals surface area contributed by atoms with Crippen molar-refractivity contribution < 1.29 is 19.4 Å². The Hall–Kier alpha value is -1.55. The summed E-state index contributed by atoms with van der Waals surface area (Å²) in [4.78, 5) is 11.8. The molecule has 4 heteroatoms. The van der Waals surface area contributed by atoms with Gasteiger partial charge in [0.2, 0.25) is 0 Å². The van der Waals surface area contributed by atoms with Crippen LogP contribution in [0.5, 0.6) is 5.75 Å². The van der Waals surface area contributed by atoms with E-state index in [-0.39, 0.29) is 11.4 Å². The maximum absolute atomic E-state index is 11.8. The minimum absolute atomic E-state index is 0.137. The standard InChI is InChI=1S/C23H32O4/c1-5-23(25)13-20-19-8-6-15-12-16(26-4)7-9-17(15)18(19)10-11-22(20,3)21(23)27-14(2)24/h7,9,12,18-21,25H,5-6,8,10-11,13H2,1-4H3/t18-,19-,20+,21-,22+,23+/m1/s1. The second-order valence-corrected chi connectivity index (χ2v) is 9.18. The van der Waals surface area contributed by atoms with Gasteiger partial charge in [0.15, 0.2) is 0 Å². The summed E-state index contributed by atoms with van der Waals surface area (Å²) < 4.78 is 11.2. The van der Waals surface area contributed by atoms with Gasteiger partial charge in [-0.05, 0) is 79.5 Å². The number of carbonyl (C=O) groups excluding carboxylic acids is 1. The molecule has 0 amide bonds. The molecule has 0 unspecified atom stereocenters. The van der Waals surface area contributed by atoms with Crippen LogP contribution < -0.4 is 4.74 Å². The number of hydrogen-bond acceptors (Lipinski definition) is 4. The summed E-state index contributed by atoms with van der Waals surface area (Å²) in [7, 11) is 1.72. The van der Waals surface area contributed by atoms with Gasteiger partial charge >= 0.3 is 5.97 Å². The molecule has 0 radical (unpaired) electrons. The van der Waals surface area contributed by atoms with Gasteiger partial charge in [-0.1, -0.05) is 19.9 Å². The van der Waals surface area contributed by atoms with Crippen molar-refractivity contribution in [3.05, 3.63) is 29.3 Å². The third-order valence-corrected chi connectivity index (χ3v) is 7.93. The molecule has 0 saturated heterocycles. The third kappa shape index (κ3) is 2.79. The Labute approximate surface area is 162 Å². The molecule has 0 aliphatic heterocycles. The van der Waals surface area contributed by atoms with Gasteiger partial charge in [-0.3, -0.25) is 4.79 Å². The fraction of sp³-hybridized carbons (Fsp3) is 0.696. The molecule has 0 bridgehead atoms. The van der Waals surface area contributed by atoms with Crippen LogP contribution in [0.3, 0.4) is 0 Å². The van der Waals surface area contributed by atoms with E-state index in [1.807, 2.05) is 6.92 Å². The number of fused-ring (bicyclic) bond motifs is 5. The predicted molar refractivity (Wildman–Crippen MR) is 104 cm³/mol. The van der Waals surface area contributed by atoms with Gasteiger partial charge < -0.3 is 14.6 Å². The SMILES string of the molecule is CC[C@]1(O)C[C@H]2[C@@H]3CCc4cc(OC)ccc4[C@H]3CC[C@]2(C)[C@H]1OC(C)=O. The Morgan fingerprint density at radius 2 is 2.11 bits per heavy atom. The molecule has 4 rings (SSSR count). The Morgan fingerprint density at radius 3 is 2.78 bits per heavy atom. The average molecular weight is 373 g/mol. The smallest absolute Gasteiger partial charge is 0.303 e. The number of carbonyl (C=O) groups is 1. The van der Waals surface area contributed by atoms with Gasteiger partial charge in [0, 0.05) is 12.3 Å². The summed E-state index contributed by atoms with van der Waals surface area (Å²) in [6.07, 6.45) is 5.25. The van der Waals surface area contributed by atoms with Crippen LogP contribution in [-0.4, -0.2) is 29.9 Å². The fourth-order valence-electron chi connectivity index (χ4n) is 6.59. The van der Waals surface area contributed by atoms with Crippen LogP contribution in [0.25, 0.3) is 0 Å². The zero-order valence-electron chi connectivity index (χ0n) is 17.0. The van der Waals surface area contributed by atoms with Crippen molar-refractivity contribution in [1.82, 2.24) is 0 Å². The van der Waals surface area contributed by atoms with E-state index in [1.165, 1.54) is 18.1 Å². The molecule has 0 aromatic heterocycles. The van der Waals surface area contributed by atoms with Crippen molar-refractivity contribution in [3.8, 4) is 5.75 Å². The summed E-state index contributed by atoms with van der Waals surface area (Å²) in [6.45, 7) is 5.72. The van der Waals surface area contributed by atoms with Crippen molar-refractivity contribution in [2.75, 3.05) is 7.11 Å². The lowest BCUT2D eigenvalue weighted by Crippen LogP contribution is -2.49. The number of esters is 1. The van der Waals surface area contributed by atoms with Gasteiger partial charge in [-0.25, -0.2) is 0 Å².